The average Bonchev–Trinajstić information content (AvgIpc) is 3.03. The first-order valence-corrected chi connectivity index (χ1v) is 6.80. The van der Waals surface area contributed by atoms with E-state index >= 15 is 0 Å². The molecule has 0 aliphatic heterocycles. The topological polar surface area (TPSA) is 33.6 Å². The Morgan fingerprint density at radius 1 is 1.47 bits per heavy atom. The Balaban J connectivity index is 2.18. The maximum atomic E-state index is 5.29. The Hall–Kier alpha value is -0.940. The van der Waals surface area contributed by atoms with Gasteiger partial charge in [-0.1, -0.05) is 22.0 Å². The first-order chi connectivity index (χ1) is 8.16. The number of hydrogen-bond donors (Lipinski definition) is 1. The molecule has 0 atom stereocenters. The van der Waals surface area contributed by atoms with Crippen molar-refractivity contribution in [3.05, 3.63) is 33.0 Å². The van der Waals surface area contributed by atoms with Crippen molar-refractivity contribution in [3.63, 3.8) is 0 Å². The molecule has 0 saturated heterocycles. The van der Waals surface area contributed by atoms with Gasteiger partial charge in [0.05, 0.1) is 0 Å². The van der Waals surface area contributed by atoms with Gasteiger partial charge in [0.1, 0.15) is 0 Å². The lowest BCUT2D eigenvalue weighted by Crippen LogP contribution is -1.98. The van der Waals surface area contributed by atoms with E-state index in [1.54, 1.807) is 0 Å². The van der Waals surface area contributed by atoms with Gasteiger partial charge in [0.2, 0.25) is 0 Å². The standard InChI is InChI=1S/C12H12BrN3S/c1-7-2-5-9(10(13)6-7)11-14-15-12(17)16(11)8-3-4-8/h2,5-6,8H,3-4H2,1H3,(H,15,17). The summed E-state index contributed by atoms with van der Waals surface area (Å²) < 4.78 is 3.91. The van der Waals surface area contributed by atoms with E-state index in [-0.39, 0.29) is 0 Å². The third-order valence-electron chi connectivity index (χ3n) is 2.98. The van der Waals surface area contributed by atoms with Gasteiger partial charge in [-0.15, -0.1) is 0 Å². The van der Waals surface area contributed by atoms with Crippen LogP contribution in [0.1, 0.15) is 24.4 Å². The molecule has 1 aliphatic rings. The number of aryl methyl sites for hydroxylation is 1. The quantitative estimate of drug-likeness (QED) is 0.850. The smallest absolute Gasteiger partial charge is 0.195 e. The number of H-pyrrole nitrogens is 1. The lowest BCUT2D eigenvalue weighted by atomic mass is 10.1. The van der Waals surface area contributed by atoms with Crippen LogP contribution in [-0.4, -0.2) is 14.8 Å². The first kappa shape index (κ1) is 11.2. The number of rotatable bonds is 2. The molecule has 1 aromatic carbocycles. The summed E-state index contributed by atoms with van der Waals surface area (Å²) in [6.07, 6.45) is 2.40. The third kappa shape index (κ3) is 1.98. The van der Waals surface area contributed by atoms with Crippen LogP contribution in [-0.2, 0) is 0 Å². The van der Waals surface area contributed by atoms with Crippen LogP contribution in [0.4, 0.5) is 0 Å². The van der Waals surface area contributed by atoms with Gasteiger partial charge in [-0.25, -0.2) is 0 Å². The van der Waals surface area contributed by atoms with Gasteiger partial charge in [-0.2, -0.15) is 5.10 Å². The van der Waals surface area contributed by atoms with Crippen molar-refractivity contribution in [1.29, 1.82) is 0 Å². The fourth-order valence-electron chi connectivity index (χ4n) is 1.97. The Labute approximate surface area is 113 Å². The summed E-state index contributed by atoms with van der Waals surface area (Å²) in [6, 6.07) is 6.81. The molecule has 0 unspecified atom stereocenters. The Kier molecular flexibility index (Phi) is 2.67. The number of halogens is 1. The summed E-state index contributed by atoms with van der Waals surface area (Å²) >= 11 is 8.88. The summed E-state index contributed by atoms with van der Waals surface area (Å²) in [4.78, 5) is 0. The summed E-state index contributed by atoms with van der Waals surface area (Å²) in [5, 5.41) is 7.25. The summed E-state index contributed by atoms with van der Waals surface area (Å²) in [5.74, 6) is 0.935. The molecule has 0 bridgehead atoms. The highest BCUT2D eigenvalue weighted by Gasteiger charge is 2.28. The van der Waals surface area contributed by atoms with Crippen LogP contribution in [0.2, 0.25) is 0 Å². The van der Waals surface area contributed by atoms with Crippen molar-refractivity contribution < 1.29 is 0 Å². The van der Waals surface area contributed by atoms with Crippen molar-refractivity contribution >= 4 is 28.1 Å². The molecule has 1 aliphatic carbocycles. The third-order valence-corrected chi connectivity index (χ3v) is 3.93. The van der Waals surface area contributed by atoms with Crippen LogP contribution in [0.5, 0.6) is 0 Å². The minimum Gasteiger partial charge on any atom is -0.297 e. The summed E-state index contributed by atoms with van der Waals surface area (Å²) in [5.41, 5.74) is 2.32. The van der Waals surface area contributed by atoms with Crippen LogP contribution in [0.25, 0.3) is 11.4 Å². The zero-order chi connectivity index (χ0) is 12.0. The van der Waals surface area contributed by atoms with Crippen LogP contribution < -0.4 is 0 Å². The molecule has 17 heavy (non-hydrogen) atoms. The normalized spacial score (nSPS) is 15.2. The van der Waals surface area contributed by atoms with E-state index in [1.165, 1.54) is 18.4 Å². The molecule has 1 heterocycles. The molecule has 0 amide bonds. The van der Waals surface area contributed by atoms with Crippen LogP contribution >= 0.6 is 28.1 Å². The molecule has 0 spiro atoms. The van der Waals surface area contributed by atoms with Gasteiger partial charge in [0.15, 0.2) is 10.6 Å². The average molecular weight is 310 g/mol. The molecule has 88 valence electrons. The van der Waals surface area contributed by atoms with Gasteiger partial charge < -0.3 is 0 Å². The maximum Gasteiger partial charge on any atom is 0.195 e. The van der Waals surface area contributed by atoms with Crippen molar-refractivity contribution in [2.24, 2.45) is 0 Å². The van der Waals surface area contributed by atoms with Gasteiger partial charge in [0, 0.05) is 16.1 Å². The molecular weight excluding hydrogens is 298 g/mol. The number of hydrogen-bond acceptors (Lipinski definition) is 2. The molecule has 5 heteroatoms. The van der Waals surface area contributed by atoms with E-state index in [9.17, 15) is 0 Å². The fourth-order valence-corrected chi connectivity index (χ4v) is 2.92. The van der Waals surface area contributed by atoms with Gasteiger partial charge in [0.25, 0.3) is 0 Å². The molecule has 2 aromatic rings. The van der Waals surface area contributed by atoms with E-state index in [0.717, 1.165) is 20.6 Å². The Morgan fingerprint density at radius 2 is 2.24 bits per heavy atom. The van der Waals surface area contributed by atoms with Crippen LogP contribution in [0.3, 0.4) is 0 Å². The number of benzene rings is 1. The lowest BCUT2D eigenvalue weighted by molar-refractivity contribution is 0.735. The van der Waals surface area contributed by atoms with Crippen molar-refractivity contribution in [2.75, 3.05) is 0 Å². The van der Waals surface area contributed by atoms with Crippen molar-refractivity contribution in [1.82, 2.24) is 14.8 Å². The maximum absolute atomic E-state index is 5.29. The fraction of sp³-hybridized carbons (Fsp3) is 0.333. The largest absolute Gasteiger partial charge is 0.297 e. The monoisotopic (exact) mass is 309 g/mol. The number of aromatic nitrogens is 3. The SMILES string of the molecule is Cc1ccc(-c2n[nH]c(=S)n2C2CC2)c(Br)c1. The molecule has 1 N–H and O–H groups in total. The van der Waals surface area contributed by atoms with Gasteiger partial charge in [-0.3, -0.25) is 9.67 Å². The minimum atomic E-state index is 0.532. The van der Waals surface area contributed by atoms with Gasteiger partial charge >= 0.3 is 0 Å². The van der Waals surface area contributed by atoms with E-state index < -0.39 is 0 Å². The molecule has 3 nitrogen and oxygen atoms in total. The van der Waals surface area contributed by atoms with Crippen LogP contribution in [0.15, 0.2) is 22.7 Å². The van der Waals surface area contributed by atoms with Crippen molar-refractivity contribution in [2.45, 2.75) is 25.8 Å². The number of aromatic amines is 1. The first-order valence-electron chi connectivity index (χ1n) is 5.60. The summed E-state index contributed by atoms with van der Waals surface area (Å²) in [6.45, 7) is 2.08. The highest BCUT2D eigenvalue weighted by atomic mass is 79.9. The van der Waals surface area contributed by atoms with Crippen molar-refractivity contribution in [3.8, 4) is 11.4 Å². The molecule has 1 aromatic heterocycles. The molecule has 1 saturated carbocycles. The highest BCUT2D eigenvalue weighted by Crippen LogP contribution is 2.39. The Morgan fingerprint density at radius 3 is 2.88 bits per heavy atom. The van der Waals surface area contributed by atoms with E-state index in [4.69, 9.17) is 12.2 Å². The van der Waals surface area contributed by atoms with Crippen LogP contribution in [0, 0.1) is 11.7 Å². The molecular formula is C12H12BrN3S. The zero-order valence-electron chi connectivity index (χ0n) is 9.40. The van der Waals surface area contributed by atoms with Gasteiger partial charge in [-0.05, 0) is 49.7 Å². The second-order valence-electron chi connectivity index (χ2n) is 4.44. The predicted molar refractivity (Wildman–Crippen MR) is 73.6 cm³/mol. The number of nitrogens with zero attached hydrogens (tertiary/aromatic N) is 2. The molecule has 3 rings (SSSR count). The zero-order valence-corrected chi connectivity index (χ0v) is 11.8. The second kappa shape index (κ2) is 4.07. The highest BCUT2D eigenvalue weighted by molar-refractivity contribution is 9.10. The lowest BCUT2D eigenvalue weighted by Gasteiger charge is -2.07. The van der Waals surface area contributed by atoms with E-state index in [2.05, 4.69) is 55.8 Å². The second-order valence-corrected chi connectivity index (χ2v) is 5.68. The number of nitrogens with one attached hydrogen (secondary N) is 1. The molecule has 0 radical (unpaired) electrons. The van der Waals surface area contributed by atoms with E-state index in [0.29, 0.717) is 6.04 Å². The van der Waals surface area contributed by atoms with E-state index in [1.807, 2.05) is 0 Å². The minimum absolute atomic E-state index is 0.532. The Bertz CT molecular complexity index is 625. The summed E-state index contributed by atoms with van der Waals surface area (Å²) in [7, 11) is 0. The predicted octanol–water partition coefficient (Wildman–Crippen LogP) is 4.01. The molecule has 1 fully saturated rings.